The lowest BCUT2D eigenvalue weighted by atomic mass is 10.1. The van der Waals surface area contributed by atoms with Crippen LogP contribution in [-0.4, -0.2) is 25.6 Å². The van der Waals surface area contributed by atoms with Crippen LogP contribution >= 0.6 is 0 Å². The van der Waals surface area contributed by atoms with Crippen molar-refractivity contribution in [3.8, 4) is 5.75 Å². The number of nitrogens with two attached hydrogens (primary N) is 1. The number of rotatable bonds is 7. The molecule has 0 saturated heterocycles. The molecule has 1 atom stereocenters. The van der Waals surface area contributed by atoms with Gasteiger partial charge in [-0.05, 0) is 43.0 Å². The van der Waals surface area contributed by atoms with Gasteiger partial charge in [-0.15, -0.1) is 0 Å². The minimum Gasteiger partial charge on any atom is -0.497 e. The average Bonchev–Trinajstić information content (AvgIpc) is 3.45. The molecule has 5 nitrogen and oxygen atoms in total. The van der Waals surface area contributed by atoms with Crippen molar-refractivity contribution in [2.24, 2.45) is 11.7 Å². The molecule has 0 aromatic heterocycles. The summed E-state index contributed by atoms with van der Waals surface area (Å²) in [6, 6.07) is 15.1. The molecule has 1 amide bonds. The molecule has 2 aromatic rings. The van der Waals surface area contributed by atoms with Gasteiger partial charge in [-0.3, -0.25) is 4.79 Å². The predicted molar refractivity (Wildman–Crippen MR) is 95.8 cm³/mol. The van der Waals surface area contributed by atoms with Crippen molar-refractivity contribution >= 4 is 17.3 Å². The zero-order valence-electron chi connectivity index (χ0n) is 13.8. The van der Waals surface area contributed by atoms with Crippen LogP contribution in [0.1, 0.15) is 23.2 Å². The third-order valence-corrected chi connectivity index (χ3v) is 4.28. The third-order valence-electron chi connectivity index (χ3n) is 4.28. The van der Waals surface area contributed by atoms with Gasteiger partial charge in [0.2, 0.25) is 0 Å². The number of nitrogens with one attached hydrogen (secondary N) is 2. The van der Waals surface area contributed by atoms with E-state index in [-0.39, 0.29) is 11.9 Å². The van der Waals surface area contributed by atoms with Gasteiger partial charge in [0.15, 0.2) is 0 Å². The van der Waals surface area contributed by atoms with Gasteiger partial charge < -0.3 is 21.1 Å². The van der Waals surface area contributed by atoms with Gasteiger partial charge in [0, 0.05) is 24.3 Å². The molecule has 0 spiro atoms. The number of amides is 1. The van der Waals surface area contributed by atoms with E-state index in [1.54, 1.807) is 7.11 Å². The highest BCUT2D eigenvalue weighted by Crippen LogP contribution is 2.32. The first kappa shape index (κ1) is 16.3. The second-order valence-electron chi connectivity index (χ2n) is 6.06. The van der Waals surface area contributed by atoms with Gasteiger partial charge in [0.25, 0.3) is 5.91 Å². The summed E-state index contributed by atoms with van der Waals surface area (Å²) in [5.74, 6) is 1.19. The van der Waals surface area contributed by atoms with E-state index in [0.29, 0.717) is 18.0 Å². The van der Waals surface area contributed by atoms with Crippen molar-refractivity contribution in [3.05, 3.63) is 54.1 Å². The smallest absolute Gasteiger partial charge is 0.253 e. The van der Waals surface area contributed by atoms with Gasteiger partial charge in [-0.25, -0.2) is 0 Å². The van der Waals surface area contributed by atoms with Crippen molar-refractivity contribution < 1.29 is 9.53 Å². The van der Waals surface area contributed by atoms with Gasteiger partial charge in [-0.2, -0.15) is 0 Å². The maximum Gasteiger partial charge on any atom is 0.253 e. The van der Waals surface area contributed by atoms with Crippen LogP contribution in [0.25, 0.3) is 0 Å². The Balaban J connectivity index is 1.77. The topological polar surface area (TPSA) is 76.4 Å². The summed E-state index contributed by atoms with van der Waals surface area (Å²) in [7, 11) is 1.63. The fourth-order valence-electron chi connectivity index (χ4n) is 2.76. The molecule has 2 aromatic carbocycles. The van der Waals surface area contributed by atoms with E-state index in [1.165, 1.54) is 0 Å². The standard InChI is InChI=1S/C19H23N3O2/c1-24-15-6-4-5-14(11-15)21-17-8-3-2-7-16(17)19(23)22-18(12-20)13-9-10-13/h2-8,11,13,18,21H,9-10,12,20H2,1H3,(H,22,23). The summed E-state index contributed by atoms with van der Waals surface area (Å²) < 4.78 is 5.24. The number of benzene rings is 2. The molecule has 1 fully saturated rings. The molecule has 126 valence electrons. The number of para-hydroxylation sites is 1. The van der Waals surface area contributed by atoms with Crippen molar-refractivity contribution in [2.45, 2.75) is 18.9 Å². The molecule has 5 heteroatoms. The van der Waals surface area contributed by atoms with Crippen molar-refractivity contribution in [1.82, 2.24) is 5.32 Å². The zero-order valence-corrected chi connectivity index (χ0v) is 13.8. The Morgan fingerprint density at radius 3 is 2.75 bits per heavy atom. The van der Waals surface area contributed by atoms with Crippen LogP contribution in [0.5, 0.6) is 5.75 Å². The average molecular weight is 325 g/mol. The minimum atomic E-state index is -0.0941. The van der Waals surface area contributed by atoms with E-state index in [2.05, 4.69) is 10.6 Å². The lowest BCUT2D eigenvalue weighted by molar-refractivity contribution is 0.0934. The maximum atomic E-state index is 12.6. The van der Waals surface area contributed by atoms with Crippen molar-refractivity contribution in [1.29, 1.82) is 0 Å². The number of methoxy groups -OCH3 is 1. The first-order valence-electron chi connectivity index (χ1n) is 8.22. The van der Waals surface area contributed by atoms with E-state index < -0.39 is 0 Å². The van der Waals surface area contributed by atoms with E-state index in [1.807, 2.05) is 48.5 Å². The van der Waals surface area contributed by atoms with Gasteiger partial charge >= 0.3 is 0 Å². The van der Waals surface area contributed by atoms with E-state index in [0.717, 1.165) is 30.0 Å². The van der Waals surface area contributed by atoms with Crippen molar-refractivity contribution in [2.75, 3.05) is 19.0 Å². The fourth-order valence-corrected chi connectivity index (χ4v) is 2.76. The fraction of sp³-hybridized carbons (Fsp3) is 0.316. The maximum absolute atomic E-state index is 12.6. The van der Waals surface area contributed by atoms with Crippen LogP contribution in [0.15, 0.2) is 48.5 Å². The molecule has 24 heavy (non-hydrogen) atoms. The molecule has 1 aliphatic carbocycles. The Morgan fingerprint density at radius 2 is 2.04 bits per heavy atom. The highest BCUT2D eigenvalue weighted by Gasteiger charge is 2.31. The number of carbonyl (C=O) groups is 1. The van der Waals surface area contributed by atoms with Crippen LogP contribution in [-0.2, 0) is 0 Å². The highest BCUT2D eigenvalue weighted by molar-refractivity contribution is 6.00. The summed E-state index contributed by atoms with van der Waals surface area (Å²) >= 11 is 0. The first-order valence-corrected chi connectivity index (χ1v) is 8.22. The third kappa shape index (κ3) is 3.86. The first-order chi connectivity index (χ1) is 11.7. The molecule has 0 heterocycles. The monoisotopic (exact) mass is 325 g/mol. The van der Waals surface area contributed by atoms with E-state index in [4.69, 9.17) is 10.5 Å². The Kier molecular flexibility index (Phi) is 5.01. The Hall–Kier alpha value is -2.53. The van der Waals surface area contributed by atoms with Crippen LogP contribution in [0.4, 0.5) is 11.4 Å². The molecule has 1 unspecified atom stereocenters. The molecule has 0 bridgehead atoms. The summed E-state index contributed by atoms with van der Waals surface area (Å²) in [6.07, 6.45) is 2.29. The highest BCUT2D eigenvalue weighted by atomic mass is 16.5. The predicted octanol–water partition coefficient (Wildman–Crippen LogP) is 2.91. The number of ether oxygens (including phenoxy) is 1. The lowest BCUT2D eigenvalue weighted by Crippen LogP contribution is -2.41. The second kappa shape index (κ2) is 7.36. The lowest BCUT2D eigenvalue weighted by Gasteiger charge is -2.18. The molecule has 0 aliphatic heterocycles. The van der Waals surface area contributed by atoms with Crippen LogP contribution in [0.3, 0.4) is 0 Å². The number of anilines is 2. The summed E-state index contributed by atoms with van der Waals surface area (Å²) in [4.78, 5) is 12.6. The molecular weight excluding hydrogens is 302 g/mol. The zero-order chi connectivity index (χ0) is 16.9. The van der Waals surface area contributed by atoms with Crippen molar-refractivity contribution in [3.63, 3.8) is 0 Å². The summed E-state index contributed by atoms with van der Waals surface area (Å²) in [6.45, 7) is 0.474. The Morgan fingerprint density at radius 1 is 1.25 bits per heavy atom. The number of carbonyl (C=O) groups excluding carboxylic acids is 1. The van der Waals surface area contributed by atoms with E-state index in [9.17, 15) is 4.79 Å². The molecule has 1 aliphatic rings. The summed E-state index contributed by atoms with van der Waals surface area (Å²) in [5, 5.41) is 6.36. The van der Waals surface area contributed by atoms with Crippen LogP contribution in [0, 0.1) is 5.92 Å². The Bertz CT molecular complexity index is 713. The van der Waals surface area contributed by atoms with E-state index >= 15 is 0 Å². The van der Waals surface area contributed by atoms with Crippen LogP contribution in [0.2, 0.25) is 0 Å². The molecule has 3 rings (SSSR count). The van der Waals surface area contributed by atoms with Gasteiger partial charge in [0.05, 0.1) is 18.4 Å². The number of hydrogen-bond donors (Lipinski definition) is 3. The quantitative estimate of drug-likeness (QED) is 0.731. The van der Waals surface area contributed by atoms with Gasteiger partial charge in [-0.1, -0.05) is 18.2 Å². The normalized spacial score (nSPS) is 14.8. The minimum absolute atomic E-state index is 0.0578. The molecule has 4 N–H and O–H groups in total. The molecular formula is C19H23N3O2. The number of hydrogen-bond acceptors (Lipinski definition) is 4. The van der Waals surface area contributed by atoms with Gasteiger partial charge in [0.1, 0.15) is 5.75 Å². The second-order valence-corrected chi connectivity index (χ2v) is 6.06. The largest absolute Gasteiger partial charge is 0.497 e. The molecule has 0 radical (unpaired) electrons. The van der Waals surface area contributed by atoms with Crippen LogP contribution < -0.4 is 21.1 Å². The SMILES string of the molecule is COc1cccc(Nc2ccccc2C(=O)NC(CN)C2CC2)c1. The summed E-state index contributed by atoms with van der Waals surface area (Å²) in [5.41, 5.74) is 8.03. The Labute approximate surface area is 142 Å². The molecule has 1 saturated carbocycles.